The Labute approximate surface area is 164 Å². The predicted molar refractivity (Wildman–Crippen MR) is 105 cm³/mol. The molecule has 3 rings (SSSR count). The summed E-state index contributed by atoms with van der Waals surface area (Å²) in [6, 6.07) is 17.0. The van der Waals surface area contributed by atoms with Crippen LogP contribution >= 0.6 is 0 Å². The molecule has 2 N–H and O–H groups in total. The molecule has 0 unspecified atom stereocenters. The van der Waals surface area contributed by atoms with E-state index in [0.29, 0.717) is 12.3 Å². The number of benzene rings is 2. The van der Waals surface area contributed by atoms with Crippen LogP contribution in [0, 0.1) is 0 Å². The molecule has 7 nitrogen and oxygen atoms in total. The molecule has 0 spiro atoms. The molecule has 28 heavy (non-hydrogen) atoms. The zero-order chi connectivity index (χ0) is 19.6. The summed E-state index contributed by atoms with van der Waals surface area (Å²) in [5, 5.41) is 5.95. The molecule has 0 bridgehead atoms. The largest absolute Gasteiger partial charge is 0.482 e. The number of hydrogen-bond acceptors (Lipinski definition) is 6. The molecular formula is C21H24N2O5. The van der Waals surface area contributed by atoms with E-state index in [9.17, 15) is 9.59 Å². The molecule has 0 aliphatic carbocycles. The first-order chi connectivity index (χ1) is 13.7. The highest BCUT2D eigenvalue weighted by molar-refractivity contribution is 5.80. The van der Waals surface area contributed by atoms with E-state index in [0.717, 1.165) is 30.8 Å². The van der Waals surface area contributed by atoms with Crippen LogP contribution in [0.25, 0.3) is 0 Å². The molecule has 1 fully saturated rings. The Balaban J connectivity index is 1.33. The molecule has 1 saturated heterocycles. The lowest BCUT2D eigenvalue weighted by atomic mass is 10.2. The number of nitrogens with one attached hydrogen (secondary N) is 2. The van der Waals surface area contributed by atoms with Gasteiger partial charge in [0.15, 0.2) is 13.2 Å². The van der Waals surface area contributed by atoms with E-state index < -0.39 is 5.97 Å². The Morgan fingerprint density at radius 1 is 1.00 bits per heavy atom. The molecule has 2 aromatic carbocycles. The van der Waals surface area contributed by atoms with Gasteiger partial charge in [-0.25, -0.2) is 4.79 Å². The highest BCUT2D eigenvalue weighted by Crippen LogP contribution is 2.19. The van der Waals surface area contributed by atoms with E-state index in [1.807, 2.05) is 42.5 Å². The molecule has 1 aliphatic heterocycles. The first-order valence-corrected chi connectivity index (χ1v) is 9.28. The molecule has 1 aliphatic rings. The van der Waals surface area contributed by atoms with Crippen LogP contribution in [0.2, 0.25) is 0 Å². The number of amides is 1. The molecular weight excluding hydrogens is 360 g/mol. The van der Waals surface area contributed by atoms with E-state index in [1.165, 1.54) is 0 Å². The number of carbonyl (C=O) groups is 2. The van der Waals surface area contributed by atoms with Crippen LogP contribution in [-0.4, -0.2) is 44.3 Å². The third kappa shape index (κ3) is 6.59. The minimum Gasteiger partial charge on any atom is -0.482 e. The highest BCUT2D eigenvalue weighted by Gasteiger charge is 2.16. The zero-order valence-corrected chi connectivity index (χ0v) is 15.6. The fraction of sp³-hybridized carbons (Fsp3) is 0.333. The summed E-state index contributed by atoms with van der Waals surface area (Å²) in [6.45, 7) is 0.589. The minimum atomic E-state index is -0.598. The first-order valence-electron chi connectivity index (χ1n) is 9.28. The Bertz CT molecular complexity index is 758. The van der Waals surface area contributed by atoms with Crippen molar-refractivity contribution in [1.29, 1.82) is 0 Å². The lowest BCUT2D eigenvalue weighted by Gasteiger charge is -2.11. The quantitative estimate of drug-likeness (QED) is 0.647. The van der Waals surface area contributed by atoms with Gasteiger partial charge in [-0.3, -0.25) is 4.79 Å². The van der Waals surface area contributed by atoms with Crippen LogP contribution < -0.4 is 15.4 Å². The lowest BCUT2D eigenvalue weighted by Crippen LogP contribution is -2.35. The minimum absolute atomic E-state index is 0.0577. The number of carbonyl (C=O) groups excluding carboxylic acids is 2. The summed E-state index contributed by atoms with van der Waals surface area (Å²) in [7, 11) is 0. The summed E-state index contributed by atoms with van der Waals surface area (Å²) in [4.78, 5) is 23.4. The van der Waals surface area contributed by atoms with Gasteiger partial charge in [-0.15, -0.1) is 0 Å². The molecule has 148 valence electrons. The van der Waals surface area contributed by atoms with Gasteiger partial charge in [0.1, 0.15) is 5.75 Å². The van der Waals surface area contributed by atoms with Gasteiger partial charge in [0.2, 0.25) is 0 Å². The Hall–Kier alpha value is -3.06. The van der Waals surface area contributed by atoms with E-state index in [4.69, 9.17) is 14.2 Å². The van der Waals surface area contributed by atoms with Crippen molar-refractivity contribution in [3.8, 4) is 5.75 Å². The maximum atomic E-state index is 11.7. The average Bonchev–Trinajstić information content (AvgIpc) is 3.25. The lowest BCUT2D eigenvalue weighted by molar-refractivity contribution is -0.150. The van der Waals surface area contributed by atoms with Gasteiger partial charge in [0.25, 0.3) is 5.91 Å². The van der Waals surface area contributed by atoms with Crippen LogP contribution in [0.3, 0.4) is 0 Å². The highest BCUT2D eigenvalue weighted by atomic mass is 16.6. The van der Waals surface area contributed by atoms with Crippen molar-refractivity contribution in [2.24, 2.45) is 0 Å². The van der Waals surface area contributed by atoms with Gasteiger partial charge in [0, 0.05) is 24.5 Å². The van der Waals surface area contributed by atoms with Gasteiger partial charge in [-0.1, -0.05) is 18.2 Å². The van der Waals surface area contributed by atoms with Crippen LogP contribution in [-0.2, 0) is 19.1 Å². The third-order valence-electron chi connectivity index (χ3n) is 4.19. The standard InChI is InChI=1S/C21H24N2O5/c24-20(22-13-19-7-4-12-26-19)14-28-21(25)15-27-18-10-8-17(9-11-18)23-16-5-2-1-3-6-16/h1-3,5-6,8-11,19,23H,4,7,12-15H2,(H,22,24)/t19-/m1/s1. The van der Waals surface area contributed by atoms with Gasteiger partial charge >= 0.3 is 5.97 Å². The van der Waals surface area contributed by atoms with E-state index in [1.54, 1.807) is 12.1 Å². The van der Waals surface area contributed by atoms with Crippen molar-refractivity contribution in [2.45, 2.75) is 18.9 Å². The molecule has 7 heteroatoms. The molecule has 0 aromatic heterocycles. The van der Waals surface area contributed by atoms with Crippen molar-refractivity contribution in [2.75, 3.05) is 31.7 Å². The Kier molecular flexibility index (Phi) is 7.26. The summed E-state index contributed by atoms with van der Waals surface area (Å²) in [6.07, 6.45) is 2.01. The molecule has 2 aromatic rings. The number of rotatable bonds is 9. The van der Waals surface area contributed by atoms with Crippen LogP contribution in [0.5, 0.6) is 5.75 Å². The summed E-state index contributed by atoms with van der Waals surface area (Å²) in [5.74, 6) is -0.405. The number of para-hydroxylation sites is 1. The van der Waals surface area contributed by atoms with E-state index >= 15 is 0 Å². The van der Waals surface area contributed by atoms with Crippen LogP contribution in [0.4, 0.5) is 11.4 Å². The second-order valence-corrected chi connectivity index (χ2v) is 6.40. The first kappa shape index (κ1) is 19.7. The van der Waals surface area contributed by atoms with Gasteiger partial charge in [-0.05, 0) is 49.2 Å². The van der Waals surface area contributed by atoms with E-state index in [-0.39, 0.29) is 25.2 Å². The SMILES string of the molecule is O=C(COC(=O)COc1ccc(Nc2ccccc2)cc1)NC[C@H]1CCCO1. The topological polar surface area (TPSA) is 85.9 Å². The molecule has 1 heterocycles. The van der Waals surface area contributed by atoms with E-state index in [2.05, 4.69) is 10.6 Å². The second kappa shape index (κ2) is 10.3. The van der Waals surface area contributed by atoms with Crippen LogP contribution in [0.15, 0.2) is 54.6 Å². The number of anilines is 2. The summed E-state index contributed by atoms with van der Waals surface area (Å²) in [5.41, 5.74) is 1.89. The fourth-order valence-electron chi connectivity index (χ4n) is 2.74. The number of hydrogen-bond donors (Lipinski definition) is 2. The maximum Gasteiger partial charge on any atom is 0.344 e. The molecule has 0 saturated carbocycles. The second-order valence-electron chi connectivity index (χ2n) is 6.40. The number of ether oxygens (including phenoxy) is 3. The van der Waals surface area contributed by atoms with Crippen LogP contribution in [0.1, 0.15) is 12.8 Å². The fourth-order valence-corrected chi connectivity index (χ4v) is 2.74. The Morgan fingerprint density at radius 2 is 1.75 bits per heavy atom. The van der Waals surface area contributed by atoms with Crippen molar-refractivity contribution in [3.63, 3.8) is 0 Å². The maximum absolute atomic E-state index is 11.7. The van der Waals surface area contributed by atoms with Gasteiger partial charge in [0.05, 0.1) is 6.10 Å². The zero-order valence-electron chi connectivity index (χ0n) is 15.6. The summed E-state index contributed by atoms with van der Waals surface area (Å²) >= 11 is 0. The van der Waals surface area contributed by atoms with Crippen molar-refractivity contribution >= 4 is 23.3 Å². The summed E-state index contributed by atoms with van der Waals surface area (Å²) < 4.78 is 15.7. The van der Waals surface area contributed by atoms with Crippen molar-refractivity contribution in [3.05, 3.63) is 54.6 Å². The monoisotopic (exact) mass is 384 g/mol. The third-order valence-corrected chi connectivity index (χ3v) is 4.19. The smallest absolute Gasteiger partial charge is 0.344 e. The average molecular weight is 384 g/mol. The molecule has 1 atom stereocenters. The predicted octanol–water partition coefficient (Wildman–Crippen LogP) is 2.65. The number of esters is 1. The van der Waals surface area contributed by atoms with Crippen molar-refractivity contribution < 1.29 is 23.8 Å². The van der Waals surface area contributed by atoms with Gasteiger partial charge < -0.3 is 24.8 Å². The molecule has 1 amide bonds. The molecule has 0 radical (unpaired) electrons. The Morgan fingerprint density at radius 3 is 2.46 bits per heavy atom. The normalized spacial score (nSPS) is 15.6. The van der Waals surface area contributed by atoms with Crippen molar-refractivity contribution in [1.82, 2.24) is 5.32 Å². The van der Waals surface area contributed by atoms with Gasteiger partial charge in [-0.2, -0.15) is 0 Å².